The van der Waals surface area contributed by atoms with E-state index in [9.17, 15) is 4.79 Å². The number of halogens is 1. The van der Waals surface area contributed by atoms with Gasteiger partial charge >= 0.3 is 0 Å². The predicted octanol–water partition coefficient (Wildman–Crippen LogP) is 4.04. The van der Waals surface area contributed by atoms with Gasteiger partial charge in [0.1, 0.15) is 0 Å². The van der Waals surface area contributed by atoms with Crippen molar-refractivity contribution in [3.8, 4) is 0 Å². The lowest BCUT2D eigenvalue weighted by Crippen LogP contribution is -2.28. The molecule has 3 nitrogen and oxygen atoms in total. The molecule has 0 N–H and O–H groups in total. The second kappa shape index (κ2) is 6.46. The number of thioether (sulfide) groups is 1. The van der Waals surface area contributed by atoms with E-state index in [1.54, 1.807) is 4.90 Å². The van der Waals surface area contributed by atoms with Crippen LogP contribution in [0.1, 0.15) is 26.3 Å². The molecule has 1 saturated heterocycles. The maximum atomic E-state index is 12.4. The largest absolute Gasteiger partial charge is 0.287 e. The molecule has 0 saturated carbocycles. The molecule has 1 aliphatic heterocycles. The normalized spacial score (nSPS) is 19.9. The molecule has 1 aromatic rings. The summed E-state index contributed by atoms with van der Waals surface area (Å²) in [6.45, 7) is 7.22. The number of carbonyl (C=O) groups is 1. The molecule has 5 heteroatoms. The van der Waals surface area contributed by atoms with Crippen LogP contribution in [0.4, 0.5) is 0 Å². The summed E-state index contributed by atoms with van der Waals surface area (Å²) in [5.41, 5.74) is 1.98. The van der Waals surface area contributed by atoms with E-state index in [0.29, 0.717) is 18.1 Å². The van der Waals surface area contributed by atoms with Crippen LogP contribution in [0.25, 0.3) is 5.57 Å². The summed E-state index contributed by atoms with van der Waals surface area (Å²) in [6.07, 6.45) is 0. The molecule has 20 heavy (non-hydrogen) atoms. The Balaban J connectivity index is 2.41. The van der Waals surface area contributed by atoms with Gasteiger partial charge in [0.25, 0.3) is 5.91 Å². The van der Waals surface area contributed by atoms with Crippen molar-refractivity contribution in [3.63, 3.8) is 0 Å². The molecule has 0 radical (unpaired) electrons. The molecular formula is C15H17ClN2OS. The van der Waals surface area contributed by atoms with E-state index in [-0.39, 0.29) is 5.91 Å². The van der Waals surface area contributed by atoms with E-state index in [1.807, 2.05) is 45.0 Å². The molecule has 0 atom stereocenters. The number of allylic oxidation sites excluding steroid dienone is 1. The molecule has 1 amide bonds. The summed E-state index contributed by atoms with van der Waals surface area (Å²) in [5.74, 6) is 0.0390. The van der Waals surface area contributed by atoms with Crippen molar-refractivity contribution >= 4 is 40.0 Å². The van der Waals surface area contributed by atoms with Crippen molar-refractivity contribution < 1.29 is 4.79 Å². The minimum absolute atomic E-state index is 0.0390. The summed E-state index contributed by atoms with van der Waals surface area (Å²) in [7, 11) is 0. The number of hydrogen-bond donors (Lipinski definition) is 0. The number of carbonyl (C=O) groups excluding carboxylic acids is 1. The van der Waals surface area contributed by atoms with Crippen LogP contribution in [0.15, 0.2) is 34.2 Å². The highest BCUT2D eigenvalue weighted by Gasteiger charge is 2.33. The molecule has 2 rings (SSSR count). The lowest BCUT2D eigenvalue weighted by Gasteiger charge is -2.11. The number of aliphatic imine (C=N–C) groups is 1. The van der Waals surface area contributed by atoms with Gasteiger partial charge < -0.3 is 0 Å². The first-order valence-electron chi connectivity index (χ1n) is 6.59. The van der Waals surface area contributed by atoms with E-state index in [0.717, 1.165) is 21.2 Å². The van der Waals surface area contributed by atoms with E-state index >= 15 is 0 Å². The van der Waals surface area contributed by atoms with Crippen LogP contribution in [0.2, 0.25) is 5.02 Å². The lowest BCUT2D eigenvalue weighted by atomic mass is 10.1. The van der Waals surface area contributed by atoms with E-state index < -0.39 is 0 Å². The third-order valence-corrected chi connectivity index (χ3v) is 4.56. The zero-order chi connectivity index (χ0) is 14.7. The summed E-state index contributed by atoms with van der Waals surface area (Å²) in [4.78, 5) is 19.3. The minimum Gasteiger partial charge on any atom is -0.287 e. The Hall–Kier alpha value is -1.26. The monoisotopic (exact) mass is 308 g/mol. The number of benzene rings is 1. The van der Waals surface area contributed by atoms with Crippen molar-refractivity contribution in [2.24, 2.45) is 4.99 Å². The van der Waals surface area contributed by atoms with Gasteiger partial charge in [-0.25, -0.2) is 0 Å². The van der Waals surface area contributed by atoms with E-state index in [2.05, 4.69) is 4.99 Å². The summed E-state index contributed by atoms with van der Waals surface area (Å²) >= 11 is 7.36. The standard InChI is InChI=1S/C15H17ClN2OS/c1-4-17-15-18(5-2)14(19)13(20-15)10(3)11-6-8-12(16)9-7-11/h6-9H,4-5H2,1-3H3/b13-10-,17-15?. The fourth-order valence-corrected chi connectivity index (χ4v) is 3.29. The topological polar surface area (TPSA) is 32.7 Å². The van der Waals surface area contributed by atoms with Gasteiger partial charge in [-0.15, -0.1) is 0 Å². The Kier molecular flexibility index (Phi) is 4.89. The first kappa shape index (κ1) is 15.1. The van der Waals surface area contributed by atoms with Gasteiger partial charge in [-0.3, -0.25) is 14.7 Å². The summed E-state index contributed by atoms with van der Waals surface area (Å²) < 4.78 is 0. The van der Waals surface area contributed by atoms with Gasteiger partial charge in [-0.2, -0.15) is 0 Å². The van der Waals surface area contributed by atoms with Crippen LogP contribution in [-0.4, -0.2) is 29.1 Å². The maximum Gasteiger partial charge on any atom is 0.266 e. The van der Waals surface area contributed by atoms with Crippen LogP contribution >= 0.6 is 23.4 Å². The van der Waals surface area contributed by atoms with Crippen LogP contribution in [0, 0.1) is 0 Å². The molecule has 0 unspecified atom stereocenters. The van der Waals surface area contributed by atoms with Gasteiger partial charge in [0.2, 0.25) is 0 Å². The van der Waals surface area contributed by atoms with Gasteiger partial charge in [0.15, 0.2) is 5.17 Å². The number of likely N-dealkylation sites (N-methyl/N-ethyl adjacent to an activating group) is 1. The Morgan fingerprint density at radius 1 is 1.30 bits per heavy atom. The second-order valence-electron chi connectivity index (χ2n) is 4.37. The summed E-state index contributed by atoms with van der Waals surface area (Å²) in [6, 6.07) is 7.54. The van der Waals surface area contributed by atoms with Crippen molar-refractivity contribution in [1.29, 1.82) is 0 Å². The van der Waals surface area contributed by atoms with Gasteiger partial charge in [-0.05, 0) is 55.8 Å². The Bertz CT molecular complexity index is 578. The molecule has 0 spiro atoms. The number of amidine groups is 1. The molecule has 106 valence electrons. The zero-order valence-corrected chi connectivity index (χ0v) is 13.4. The van der Waals surface area contributed by atoms with Crippen LogP contribution < -0.4 is 0 Å². The third kappa shape index (κ3) is 2.91. The van der Waals surface area contributed by atoms with Crippen molar-refractivity contribution in [2.75, 3.05) is 13.1 Å². The zero-order valence-electron chi connectivity index (χ0n) is 11.8. The van der Waals surface area contributed by atoms with Crippen molar-refractivity contribution in [2.45, 2.75) is 20.8 Å². The van der Waals surface area contributed by atoms with Crippen LogP contribution in [0.5, 0.6) is 0 Å². The average Bonchev–Trinajstić information content (AvgIpc) is 2.75. The summed E-state index contributed by atoms with van der Waals surface area (Å²) in [5, 5.41) is 1.49. The Labute approximate surface area is 128 Å². The number of nitrogens with zero attached hydrogens (tertiary/aromatic N) is 2. The highest BCUT2D eigenvalue weighted by molar-refractivity contribution is 8.18. The SMILES string of the molecule is CCN=C1S/C(=C(/C)c2ccc(Cl)cc2)C(=O)N1CC. The highest BCUT2D eigenvalue weighted by atomic mass is 35.5. The quantitative estimate of drug-likeness (QED) is 0.789. The number of hydrogen-bond acceptors (Lipinski definition) is 3. The second-order valence-corrected chi connectivity index (χ2v) is 5.78. The molecule has 1 aromatic carbocycles. The maximum absolute atomic E-state index is 12.4. The lowest BCUT2D eigenvalue weighted by molar-refractivity contribution is -0.122. The van der Waals surface area contributed by atoms with E-state index in [4.69, 9.17) is 11.6 Å². The fraction of sp³-hybridized carbons (Fsp3) is 0.333. The number of amides is 1. The van der Waals surface area contributed by atoms with Gasteiger partial charge in [0.05, 0.1) is 4.91 Å². The Morgan fingerprint density at radius 2 is 1.95 bits per heavy atom. The molecule has 1 heterocycles. The molecule has 0 aromatic heterocycles. The number of rotatable bonds is 3. The van der Waals surface area contributed by atoms with Gasteiger partial charge in [0, 0.05) is 18.1 Å². The Morgan fingerprint density at radius 3 is 2.50 bits per heavy atom. The van der Waals surface area contributed by atoms with Crippen molar-refractivity contribution in [3.05, 3.63) is 39.8 Å². The van der Waals surface area contributed by atoms with Crippen LogP contribution in [0.3, 0.4) is 0 Å². The van der Waals surface area contributed by atoms with E-state index in [1.165, 1.54) is 11.8 Å². The van der Waals surface area contributed by atoms with Crippen molar-refractivity contribution in [1.82, 2.24) is 4.90 Å². The first-order chi connectivity index (χ1) is 9.58. The highest BCUT2D eigenvalue weighted by Crippen LogP contribution is 2.36. The molecular weight excluding hydrogens is 292 g/mol. The fourth-order valence-electron chi connectivity index (χ4n) is 2.00. The van der Waals surface area contributed by atoms with Crippen LogP contribution in [-0.2, 0) is 4.79 Å². The minimum atomic E-state index is 0.0390. The molecule has 0 aliphatic carbocycles. The smallest absolute Gasteiger partial charge is 0.266 e. The molecule has 1 aliphatic rings. The average molecular weight is 309 g/mol. The predicted molar refractivity (Wildman–Crippen MR) is 87.0 cm³/mol. The third-order valence-electron chi connectivity index (χ3n) is 3.09. The molecule has 0 bridgehead atoms. The van der Waals surface area contributed by atoms with Gasteiger partial charge in [-0.1, -0.05) is 23.7 Å². The molecule has 1 fully saturated rings. The first-order valence-corrected chi connectivity index (χ1v) is 7.78.